The van der Waals surface area contributed by atoms with E-state index in [-0.39, 0.29) is 24.4 Å². The summed E-state index contributed by atoms with van der Waals surface area (Å²) in [6.07, 6.45) is 1.79. The molecule has 2 amide bonds. The van der Waals surface area contributed by atoms with E-state index in [4.69, 9.17) is 14.2 Å². The molecule has 0 aliphatic carbocycles. The van der Waals surface area contributed by atoms with Crippen LogP contribution in [-0.2, 0) is 4.79 Å². The average molecular weight is 443 g/mol. The normalized spacial score (nSPS) is 11.4. The Bertz CT molecular complexity index is 867. The molecular weight excluding hydrogens is 408 g/mol. The van der Waals surface area contributed by atoms with Gasteiger partial charge in [-0.15, -0.1) is 0 Å². The maximum absolute atomic E-state index is 12.4. The second-order valence-electron chi connectivity index (χ2n) is 7.33. The van der Waals surface area contributed by atoms with Crippen molar-refractivity contribution in [3.8, 4) is 17.2 Å². The number of hydrogen-bond acceptors (Lipinski definition) is 5. The maximum atomic E-state index is 12.4. The molecule has 0 fully saturated rings. The number of rotatable bonds is 13. The van der Waals surface area contributed by atoms with Crippen LogP contribution in [0, 0.1) is 0 Å². The lowest BCUT2D eigenvalue weighted by atomic mass is 10.1. The molecule has 1 atom stereocenters. The fourth-order valence-corrected chi connectivity index (χ4v) is 2.96. The minimum absolute atomic E-state index is 0.118. The van der Waals surface area contributed by atoms with Crippen molar-refractivity contribution in [1.82, 2.24) is 10.6 Å². The first kappa shape index (κ1) is 25.0. The Kier molecular flexibility index (Phi) is 10.4. The van der Waals surface area contributed by atoms with Crippen molar-refractivity contribution in [2.75, 3.05) is 26.4 Å². The second-order valence-corrected chi connectivity index (χ2v) is 7.33. The zero-order valence-electron chi connectivity index (χ0n) is 19.4. The van der Waals surface area contributed by atoms with E-state index in [9.17, 15) is 9.59 Å². The van der Waals surface area contributed by atoms with Gasteiger partial charge in [0.25, 0.3) is 5.91 Å². The SMILES string of the molecule is CCCOc1ccc(C(C)NC(=O)CNC(=O)c2ccc(OCC)cc2)cc1OCCC. The third kappa shape index (κ3) is 7.80. The highest BCUT2D eigenvalue weighted by atomic mass is 16.5. The van der Waals surface area contributed by atoms with Crippen LogP contribution in [0.15, 0.2) is 42.5 Å². The van der Waals surface area contributed by atoms with Crippen molar-refractivity contribution in [3.05, 3.63) is 53.6 Å². The molecule has 0 aliphatic heterocycles. The van der Waals surface area contributed by atoms with E-state index in [1.165, 1.54) is 0 Å². The fourth-order valence-electron chi connectivity index (χ4n) is 2.96. The van der Waals surface area contributed by atoms with Gasteiger partial charge >= 0.3 is 0 Å². The van der Waals surface area contributed by atoms with Crippen molar-refractivity contribution in [2.45, 2.75) is 46.6 Å². The number of ether oxygens (including phenoxy) is 3. The van der Waals surface area contributed by atoms with E-state index in [0.717, 1.165) is 18.4 Å². The molecule has 0 heterocycles. The highest BCUT2D eigenvalue weighted by Crippen LogP contribution is 2.31. The molecule has 2 aromatic carbocycles. The quantitative estimate of drug-likeness (QED) is 0.484. The van der Waals surface area contributed by atoms with Gasteiger partial charge in [0.2, 0.25) is 5.91 Å². The third-order valence-corrected chi connectivity index (χ3v) is 4.61. The molecule has 2 N–H and O–H groups in total. The lowest BCUT2D eigenvalue weighted by Crippen LogP contribution is -2.38. The molecular formula is C25H34N2O5. The number of nitrogens with one attached hydrogen (secondary N) is 2. The van der Waals surface area contributed by atoms with Gasteiger partial charge in [0.1, 0.15) is 5.75 Å². The first-order chi connectivity index (χ1) is 15.5. The van der Waals surface area contributed by atoms with Crippen molar-refractivity contribution < 1.29 is 23.8 Å². The number of carbonyl (C=O) groups is 2. The molecule has 0 aromatic heterocycles. The largest absolute Gasteiger partial charge is 0.494 e. The van der Waals surface area contributed by atoms with Gasteiger partial charge in [-0.05, 0) is 68.7 Å². The summed E-state index contributed by atoms with van der Waals surface area (Å²) in [4.78, 5) is 24.6. The van der Waals surface area contributed by atoms with Crippen LogP contribution in [-0.4, -0.2) is 38.2 Å². The minimum Gasteiger partial charge on any atom is -0.494 e. The molecule has 32 heavy (non-hydrogen) atoms. The molecule has 7 heteroatoms. The van der Waals surface area contributed by atoms with Crippen molar-refractivity contribution >= 4 is 11.8 Å². The number of carbonyl (C=O) groups excluding carboxylic acids is 2. The summed E-state index contributed by atoms with van der Waals surface area (Å²) in [5.74, 6) is 1.47. The summed E-state index contributed by atoms with van der Waals surface area (Å²) in [6.45, 7) is 9.52. The Balaban J connectivity index is 1.92. The van der Waals surface area contributed by atoms with E-state index < -0.39 is 0 Å². The van der Waals surface area contributed by atoms with Crippen LogP contribution in [0.25, 0.3) is 0 Å². The first-order valence-corrected chi connectivity index (χ1v) is 11.2. The Morgan fingerprint density at radius 2 is 1.53 bits per heavy atom. The molecule has 0 saturated carbocycles. The maximum Gasteiger partial charge on any atom is 0.251 e. The van der Waals surface area contributed by atoms with E-state index in [0.29, 0.717) is 42.6 Å². The van der Waals surface area contributed by atoms with E-state index in [1.807, 2.05) is 45.9 Å². The number of benzene rings is 2. The molecule has 0 spiro atoms. The molecule has 0 bridgehead atoms. The second kappa shape index (κ2) is 13.2. The Hall–Kier alpha value is -3.22. The summed E-state index contributed by atoms with van der Waals surface area (Å²) in [7, 11) is 0. The highest BCUT2D eigenvalue weighted by Gasteiger charge is 2.15. The van der Waals surface area contributed by atoms with Crippen LogP contribution < -0.4 is 24.8 Å². The molecule has 1 unspecified atom stereocenters. The van der Waals surface area contributed by atoms with E-state index in [2.05, 4.69) is 10.6 Å². The Morgan fingerprint density at radius 3 is 2.16 bits per heavy atom. The zero-order valence-corrected chi connectivity index (χ0v) is 19.4. The van der Waals surface area contributed by atoms with Crippen LogP contribution in [0.4, 0.5) is 0 Å². The smallest absolute Gasteiger partial charge is 0.251 e. The molecule has 7 nitrogen and oxygen atoms in total. The van der Waals surface area contributed by atoms with Crippen LogP contribution in [0.2, 0.25) is 0 Å². The van der Waals surface area contributed by atoms with Gasteiger partial charge < -0.3 is 24.8 Å². The third-order valence-electron chi connectivity index (χ3n) is 4.61. The monoisotopic (exact) mass is 442 g/mol. The van der Waals surface area contributed by atoms with E-state index in [1.54, 1.807) is 24.3 Å². The molecule has 2 aromatic rings. The van der Waals surface area contributed by atoms with Crippen molar-refractivity contribution in [1.29, 1.82) is 0 Å². The molecule has 0 radical (unpaired) electrons. The molecule has 0 aliphatic rings. The lowest BCUT2D eigenvalue weighted by Gasteiger charge is -2.18. The van der Waals surface area contributed by atoms with Gasteiger partial charge in [0, 0.05) is 5.56 Å². The fraction of sp³-hybridized carbons (Fsp3) is 0.440. The lowest BCUT2D eigenvalue weighted by molar-refractivity contribution is -0.120. The van der Waals surface area contributed by atoms with Crippen LogP contribution in [0.1, 0.15) is 62.5 Å². The summed E-state index contributed by atoms with van der Waals surface area (Å²) in [5.41, 5.74) is 1.36. The van der Waals surface area contributed by atoms with Crippen LogP contribution in [0.3, 0.4) is 0 Å². The summed E-state index contributed by atoms with van der Waals surface area (Å²) in [5, 5.41) is 5.55. The summed E-state index contributed by atoms with van der Waals surface area (Å²) < 4.78 is 17.0. The van der Waals surface area contributed by atoms with Gasteiger partial charge in [-0.25, -0.2) is 0 Å². The minimum atomic E-state index is -0.316. The van der Waals surface area contributed by atoms with Gasteiger partial charge in [0.15, 0.2) is 11.5 Å². The predicted molar refractivity (Wildman–Crippen MR) is 125 cm³/mol. The Labute approximate surface area is 190 Å². The zero-order chi connectivity index (χ0) is 23.3. The van der Waals surface area contributed by atoms with Gasteiger partial charge in [-0.2, -0.15) is 0 Å². The van der Waals surface area contributed by atoms with Gasteiger partial charge in [-0.3, -0.25) is 9.59 Å². The first-order valence-electron chi connectivity index (χ1n) is 11.2. The standard InChI is InChI=1S/C25H34N2O5/c1-5-14-31-22-13-10-20(16-23(22)32-15-6-2)18(4)27-24(28)17-26-25(29)19-8-11-21(12-9-19)30-7-3/h8-13,16,18H,5-7,14-15,17H2,1-4H3,(H,26,29)(H,27,28). The average Bonchev–Trinajstić information content (AvgIpc) is 2.80. The van der Waals surface area contributed by atoms with Gasteiger partial charge in [-0.1, -0.05) is 19.9 Å². The summed E-state index contributed by atoms with van der Waals surface area (Å²) in [6, 6.07) is 12.2. The number of amides is 2. The molecule has 174 valence electrons. The van der Waals surface area contributed by atoms with E-state index >= 15 is 0 Å². The van der Waals surface area contributed by atoms with Crippen LogP contribution >= 0.6 is 0 Å². The Morgan fingerprint density at radius 1 is 0.875 bits per heavy atom. The van der Waals surface area contributed by atoms with Crippen molar-refractivity contribution in [3.63, 3.8) is 0 Å². The topological polar surface area (TPSA) is 85.9 Å². The number of hydrogen-bond donors (Lipinski definition) is 2. The van der Waals surface area contributed by atoms with Crippen LogP contribution in [0.5, 0.6) is 17.2 Å². The highest BCUT2D eigenvalue weighted by molar-refractivity contribution is 5.96. The molecule has 0 saturated heterocycles. The van der Waals surface area contributed by atoms with Gasteiger partial charge in [0.05, 0.1) is 32.4 Å². The summed E-state index contributed by atoms with van der Waals surface area (Å²) >= 11 is 0. The van der Waals surface area contributed by atoms with Crippen molar-refractivity contribution in [2.24, 2.45) is 0 Å². The predicted octanol–water partition coefficient (Wildman–Crippen LogP) is 4.27. The molecule has 2 rings (SSSR count).